The molecule has 0 aromatic rings. The Morgan fingerprint density at radius 3 is 3.00 bits per heavy atom. The Bertz CT molecular complexity index is 177. The summed E-state index contributed by atoms with van der Waals surface area (Å²) in [6, 6.07) is 0.271. The standard InChI is InChI=1S/C8H13NO2/c1-7-5-3-4-6-9(7)8(10)11-2/h4,6-7H,3,5H2,1-2H3/t7-/m0/s1. The maximum atomic E-state index is 11.0. The van der Waals surface area contributed by atoms with Crippen molar-refractivity contribution in [1.82, 2.24) is 4.90 Å². The zero-order valence-electron chi connectivity index (χ0n) is 6.91. The molecule has 0 unspecified atom stereocenters. The van der Waals surface area contributed by atoms with E-state index in [0.29, 0.717) is 0 Å². The van der Waals surface area contributed by atoms with Crippen molar-refractivity contribution >= 4 is 6.09 Å². The number of ether oxygens (including phenoxy) is 1. The SMILES string of the molecule is COC(=O)N1C=CCC[C@@H]1C. The molecule has 3 heteroatoms. The minimum atomic E-state index is -0.270. The fourth-order valence-corrected chi connectivity index (χ4v) is 1.16. The van der Waals surface area contributed by atoms with Crippen LogP contribution in [0.5, 0.6) is 0 Å². The van der Waals surface area contributed by atoms with E-state index in [-0.39, 0.29) is 12.1 Å². The molecule has 62 valence electrons. The monoisotopic (exact) mass is 155 g/mol. The molecule has 1 atom stereocenters. The minimum absolute atomic E-state index is 0.270. The predicted molar refractivity (Wildman–Crippen MR) is 42.1 cm³/mol. The van der Waals surface area contributed by atoms with Crippen LogP contribution in [-0.2, 0) is 4.74 Å². The Morgan fingerprint density at radius 1 is 1.73 bits per heavy atom. The molecule has 0 aromatic carbocycles. The summed E-state index contributed by atoms with van der Waals surface area (Å²) in [7, 11) is 1.40. The number of methoxy groups -OCH3 is 1. The first-order chi connectivity index (χ1) is 5.25. The van der Waals surface area contributed by atoms with E-state index in [4.69, 9.17) is 0 Å². The Balaban J connectivity index is 2.61. The second-order valence-corrected chi connectivity index (χ2v) is 2.69. The smallest absolute Gasteiger partial charge is 0.413 e. The molecular formula is C8H13NO2. The van der Waals surface area contributed by atoms with Crippen molar-refractivity contribution in [2.75, 3.05) is 7.11 Å². The highest BCUT2D eigenvalue weighted by Crippen LogP contribution is 2.14. The molecular weight excluding hydrogens is 142 g/mol. The summed E-state index contributed by atoms with van der Waals surface area (Å²) in [6.07, 6.45) is 5.57. The van der Waals surface area contributed by atoms with Crippen molar-refractivity contribution in [2.24, 2.45) is 0 Å². The Morgan fingerprint density at radius 2 is 2.45 bits per heavy atom. The highest BCUT2D eigenvalue weighted by Gasteiger charge is 2.19. The zero-order chi connectivity index (χ0) is 8.27. The molecule has 1 heterocycles. The van der Waals surface area contributed by atoms with Crippen molar-refractivity contribution in [2.45, 2.75) is 25.8 Å². The van der Waals surface area contributed by atoms with Gasteiger partial charge in [0, 0.05) is 12.2 Å². The highest BCUT2D eigenvalue weighted by atomic mass is 16.5. The van der Waals surface area contributed by atoms with E-state index in [0.717, 1.165) is 12.8 Å². The molecule has 0 aliphatic carbocycles. The molecule has 0 saturated heterocycles. The fourth-order valence-electron chi connectivity index (χ4n) is 1.16. The predicted octanol–water partition coefficient (Wildman–Crippen LogP) is 1.75. The van der Waals surface area contributed by atoms with E-state index in [9.17, 15) is 4.79 Å². The number of nitrogens with zero attached hydrogens (tertiary/aromatic N) is 1. The van der Waals surface area contributed by atoms with Crippen molar-refractivity contribution in [3.8, 4) is 0 Å². The van der Waals surface area contributed by atoms with Crippen LogP contribution in [0.2, 0.25) is 0 Å². The van der Waals surface area contributed by atoms with Gasteiger partial charge >= 0.3 is 6.09 Å². The molecule has 0 fully saturated rings. The molecule has 11 heavy (non-hydrogen) atoms. The van der Waals surface area contributed by atoms with Crippen molar-refractivity contribution in [3.63, 3.8) is 0 Å². The lowest BCUT2D eigenvalue weighted by atomic mass is 10.1. The van der Waals surface area contributed by atoms with Gasteiger partial charge in [0.1, 0.15) is 0 Å². The summed E-state index contributed by atoms with van der Waals surface area (Å²) in [5.74, 6) is 0. The largest absolute Gasteiger partial charge is 0.452 e. The normalized spacial score (nSPS) is 23.5. The maximum absolute atomic E-state index is 11.0. The number of hydrogen-bond acceptors (Lipinski definition) is 2. The Hall–Kier alpha value is -0.990. The van der Waals surface area contributed by atoms with Crippen LogP contribution in [0.1, 0.15) is 19.8 Å². The van der Waals surface area contributed by atoms with Gasteiger partial charge in [0.25, 0.3) is 0 Å². The van der Waals surface area contributed by atoms with Crippen LogP contribution < -0.4 is 0 Å². The van der Waals surface area contributed by atoms with Gasteiger partial charge in [-0.2, -0.15) is 0 Å². The molecule has 1 aliphatic heterocycles. The molecule has 0 spiro atoms. The van der Waals surface area contributed by atoms with E-state index < -0.39 is 0 Å². The average molecular weight is 155 g/mol. The summed E-state index contributed by atoms with van der Waals surface area (Å²) in [5.41, 5.74) is 0. The van der Waals surface area contributed by atoms with Gasteiger partial charge in [-0.05, 0) is 19.8 Å². The number of rotatable bonds is 0. The first kappa shape index (κ1) is 8.11. The van der Waals surface area contributed by atoms with E-state index in [1.54, 1.807) is 11.1 Å². The van der Waals surface area contributed by atoms with Gasteiger partial charge in [0.2, 0.25) is 0 Å². The summed E-state index contributed by atoms with van der Waals surface area (Å²) >= 11 is 0. The number of carbonyl (C=O) groups excluding carboxylic acids is 1. The van der Waals surface area contributed by atoms with E-state index in [2.05, 4.69) is 4.74 Å². The van der Waals surface area contributed by atoms with Gasteiger partial charge in [0.05, 0.1) is 7.11 Å². The van der Waals surface area contributed by atoms with Gasteiger partial charge in [0.15, 0.2) is 0 Å². The molecule has 0 bridgehead atoms. The van der Waals surface area contributed by atoms with Crippen LogP contribution in [-0.4, -0.2) is 24.1 Å². The Labute approximate surface area is 66.6 Å². The summed E-state index contributed by atoms with van der Waals surface area (Å²) in [5, 5.41) is 0. The molecule has 0 aromatic heterocycles. The van der Waals surface area contributed by atoms with E-state index in [1.807, 2.05) is 13.0 Å². The summed E-state index contributed by atoms with van der Waals surface area (Å²) in [4.78, 5) is 12.6. The number of allylic oxidation sites excluding steroid dienone is 1. The lowest BCUT2D eigenvalue weighted by Gasteiger charge is -2.26. The lowest BCUT2D eigenvalue weighted by Crippen LogP contribution is -2.35. The van der Waals surface area contributed by atoms with Crippen LogP contribution in [0, 0.1) is 0 Å². The zero-order valence-corrected chi connectivity index (χ0v) is 6.91. The van der Waals surface area contributed by atoms with Crippen LogP contribution >= 0.6 is 0 Å². The van der Waals surface area contributed by atoms with Gasteiger partial charge in [-0.15, -0.1) is 0 Å². The number of hydrogen-bond donors (Lipinski definition) is 0. The quantitative estimate of drug-likeness (QED) is 0.533. The lowest BCUT2D eigenvalue weighted by molar-refractivity contribution is 0.125. The summed E-state index contributed by atoms with van der Waals surface area (Å²) < 4.78 is 4.60. The van der Waals surface area contributed by atoms with Gasteiger partial charge in [-0.3, -0.25) is 4.90 Å². The molecule has 0 radical (unpaired) electrons. The molecule has 1 amide bonds. The van der Waals surface area contributed by atoms with Gasteiger partial charge < -0.3 is 4.74 Å². The van der Waals surface area contributed by atoms with Crippen LogP contribution in [0.15, 0.2) is 12.3 Å². The fraction of sp³-hybridized carbons (Fsp3) is 0.625. The van der Waals surface area contributed by atoms with E-state index >= 15 is 0 Å². The first-order valence-corrected chi connectivity index (χ1v) is 3.78. The maximum Gasteiger partial charge on any atom is 0.413 e. The third kappa shape index (κ3) is 1.73. The number of carbonyl (C=O) groups is 1. The molecule has 3 nitrogen and oxygen atoms in total. The molecule has 0 N–H and O–H groups in total. The average Bonchev–Trinajstić information content (AvgIpc) is 2.04. The van der Waals surface area contributed by atoms with E-state index in [1.165, 1.54) is 7.11 Å². The second kappa shape index (κ2) is 3.42. The Kier molecular flexibility index (Phi) is 2.52. The summed E-state index contributed by atoms with van der Waals surface area (Å²) in [6.45, 7) is 2.01. The number of amides is 1. The van der Waals surface area contributed by atoms with Crippen LogP contribution in [0.25, 0.3) is 0 Å². The third-order valence-corrected chi connectivity index (χ3v) is 1.88. The first-order valence-electron chi connectivity index (χ1n) is 3.78. The van der Waals surface area contributed by atoms with Crippen LogP contribution in [0.3, 0.4) is 0 Å². The second-order valence-electron chi connectivity index (χ2n) is 2.69. The van der Waals surface area contributed by atoms with Gasteiger partial charge in [-0.1, -0.05) is 6.08 Å². The van der Waals surface area contributed by atoms with Crippen molar-refractivity contribution in [1.29, 1.82) is 0 Å². The topological polar surface area (TPSA) is 29.5 Å². The molecule has 1 rings (SSSR count). The minimum Gasteiger partial charge on any atom is -0.452 e. The highest BCUT2D eigenvalue weighted by molar-refractivity contribution is 5.69. The van der Waals surface area contributed by atoms with Crippen LogP contribution in [0.4, 0.5) is 4.79 Å². The third-order valence-electron chi connectivity index (χ3n) is 1.88. The molecule has 1 aliphatic rings. The van der Waals surface area contributed by atoms with Gasteiger partial charge in [-0.25, -0.2) is 4.79 Å². The van der Waals surface area contributed by atoms with Crippen molar-refractivity contribution < 1.29 is 9.53 Å². The molecule has 0 saturated carbocycles. The van der Waals surface area contributed by atoms with Crippen molar-refractivity contribution in [3.05, 3.63) is 12.3 Å².